The van der Waals surface area contributed by atoms with Gasteiger partial charge in [-0.25, -0.2) is 9.97 Å². The van der Waals surface area contributed by atoms with Gasteiger partial charge in [0.2, 0.25) is 0 Å². The van der Waals surface area contributed by atoms with Gasteiger partial charge < -0.3 is 0 Å². The molecule has 0 saturated heterocycles. The highest BCUT2D eigenvalue weighted by Crippen LogP contribution is 2.58. The maximum Gasteiger partial charge on any atom is 0.160 e. The lowest BCUT2D eigenvalue weighted by atomic mass is 9.67. The van der Waals surface area contributed by atoms with Gasteiger partial charge in [0.15, 0.2) is 5.82 Å². The van der Waals surface area contributed by atoms with Crippen LogP contribution in [0.15, 0.2) is 170 Å². The molecule has 7 aromatic carbocycles. The minimum Gasteiger partial charge on any atom is -0.228 e. The minimum atomic E-state index is 0.102. The van der Waals surface area contributed by atoms with Gasteiger partial charge >= 0.3 is 0 Å². The van der Waals surface area contributed by atoms with E-state index in [2.05, 4.69) is 170 Å². The van der Waals surface area contributed by atoms with E-state index >= 15 is 0 Å². The number of rotatable bonds is 5. The Bertz CT molecular complexity index is 2880. The molecule has 1 spiro atoms. The first-order valence-corrected chi connectivity index (χ1v) is 20.3. The first kappa shape index (κ1) is 32.3. The number of aromatic nitrogens is 2. The zero-order valence-corrected chi connectivity index (χ0v) is 31.3. The molecule has 0 unspecified atom stereocenters. The van der Waals surface area contributed by atoms with E-state index in [9.17, 15) is 0 Å². The average Bonchev–Trinajstić information content (AvgIpc) is 3.75. The quantitative estimate of drug-likeness (QED) is 0.177. The molecule has 1 saturated carbocycles. The highest BCUT2D eigenvalue weighted by molar-refractivity contribution is 7.25. The number of thiophene rings is 1. The van der Waals surface area contributed by atoms with Crippen LogP contribution in [0.4, 0.5) is 0 Å². The summed E-state index contributed by atoms with van der Waals surface area (Å²) in [5.74, 6) is 0.723. The van der Waals surface area contributed by atoms with Crippen molar-refractivity contribution in [3.05, 3.63) is 181 Å². The Balaban J connectivity index is 1.02. The van der Waals surface area contributed by atoms with E-state index in [1.54, 1.807) is 5.56 Å². The van der Waals surface area contributed by atoms with Crippen LogP contribution in [0.1, 0.15) is 43.2 Å². The Morgan fingerprint density at radius 3 is 1.78 bits per heavy atom. The zero-order valence-electron chi connectivity index (χ0n) is 30.5. The number of fused-ring (bicyclic) bond motifs is 8. The van der Waals surface area contributed by atoms with Gasteiger partial charge in [-0.1, -0.05) is 153 Å². The second kappa shape index (κ2) is 13.0. The van der Waals surface area contributed by atoms with E-state index in [-0.39, 0.29) is 5.41 Å². The summed E-state index contributed by atoms with van der Waals surface area (Å²) >= 11 is 1.92. The minimum absolute atomic E-state index is 0.102. The molecule has 2 aromatic heterocycles. The molecule has 11 rings (SSSR count). The molecule has 0 amide bonds. The van der Waals surface area contributed by atoms with Crippen molar-refractivity contribution in [2.45, 2.75) is 37.5 Å². The lowest BCUT2D eigenvalue weighted by molar-refractivity contribution is 0.353. The van der Waals surface area contributed by atoms with Crippen molar-refractivity contribution in [2.75, 3.05) is 0 Å². The predicted molar refractivity (Wildman–Crippen MR) is 231 cm³/mol. The van der Waals surface area contributed by atoms with Crippen molar-refractivity contribution in [1.29, 1.82) is 0 Å². The molecule has 2 aliphatic rings. The average molecular weight is 723 g/mol. The van der Waals surface area contributed by atoms with E-state index in [0.29, 0.717) is 0 Å². The van der Waals surface area contributed by atoms with E-state index in [1.165, 1.54) is 91.2 Å². The largest absolute Gasteiger partial charge is 0.228 e. The highest BCUT2D eigenvalue weighted by Gasteiger charge is 2.44. The summed E-state index contributed by atoms with van der Waals surface area (Å²) in [6.45, 7) is 0. The van der Waals surface area contributed by atoms with Gasteiger partial charge in [0.05, 0.1) is 11.4 Å². The topological polar surface area (TPSA) is 25.8 Å². The molecule has 2 heterocycles. The first-order chi connectivity index (χ1) is 27.2. The van der Waals surface area contributed by atoms with Crippen LogP contribution in [0, 0.1) is 0 Å². The lowest BCUT2D eigenvalue weighted by Gasteiger charge is -2.36. The van der Waals surface area contributed by atoms with Crippen molar-refractivity contribution >= 4 is 31.5 Å². The van der Waals surface area contributed by atoms with Crippen LogP contribution in [0.25, 0.3) is 87.5 Å². The van der Waals surface area contributed by atoms with Crippen molar-refractivity contribution in [3.8, 4) is 67.3 Å². The third-order valence-corrected chi connectivity index (χ3v) is 13.2. The monoisotopic (exact) mass is 722 g/mol. The van der Waals surface area contributed by atoms with Crippen LogP contribution >= 0.6 is 11.3 Å². The van der Waals surface area contributed by atoms with Crippen molar-refractivity contribution in [1.82, 2.24) is 9.97 Å². The maximum absolute atomic E-state index is 5.22. The van der Waals surface area contributed by atoms with Crippen LogP contribution in [0.2, 0.25) is 0 Å². The Morgan fingerprint density at radius 1 is 0.382 bits per heavy atom. The summed E-state index contributed by atoms with van der Waals surface area (Å²) in [5.41, 5.74) is 15.8. The summed E-state index contributed by atoms with van der Waals surface area (Å²) in [4.78, 5) is 10.3. The molecule has 0 aliphatic heterocycles. The fourth-order valence-corrected chi connectivity index (χ4v) is 10.5. The molecule has 1 fully saturated rings. The fourth-order valence-electron chi connectivity index (χ4n) is 9.37. The van der Waals surface area contributed by atoms with Crippen LogP contribution in [0.5, 0.6) is 0 Å². The van der Waals surface area contributed by atoms with E-state index in [0.717, 1.165) is 33.9 Å². The molecule has 9 aromatic rings. The second-order valence-corrected chi connectivity index (χ2v) is 16.3. The SMILES string of the molecule is c1ccc(-c2ccc(-c3nc(-c4ccccc4)cc(-c4cccc(-c5ccc6c(c5)-c5cc7sc8ccccc8c7cc5C65CCCCC5)c4)n3)cc2)cc1. The number of nitrogens with zero attached hydrogens (tertiary/aromatic N) is 2. The van der Waals surface area contributed by atoms with Gasteiger partial charge in [0, 0.05) is 42.3 Å². The van der Waals surface area contributed by atoms with Gasteiger partial charge in [-0.05, 0) is 93.7 Å². The second-order valence-electron chi connectivity index (χ2n) is 15.2. The molecular formula is C52H38N2S. The van der Waals surface area contributed by atoms with Crippen LogP contribution in [-0.2, 0) is 5.41 Å². The summed E-state index contributed by atoms with van der Waals surface area (Å²) in [6, 6.07) is 61.9. The first-order valence-electron chi connectivity index (χ1n) is 19.5. The molecule has 262 valence electrons. The van der Waals surface area contributed by atoms with Crippen LogP contribution < -0.4 is 0 Å². The van der Waals surface area contributed by atoms with Crippen LogP contribution in [-0.4, -0.2) is 9.97 Å². The van der Waals surface area contributed by atoms with E-state index in [4.69, 9.17) is 9.97 Å². The van der Waals surface area contributed by atoms with Gasteiger partial charge in [-0.2, -0.15) is 0 Å². The number of hydrogen-bond acceptors (Lipinski definition) is 3. The molecular weight excluding hydrogens is 685 g/mol. The standard InChI is InChI=1S/C52H38N2S/c1-4-13-34(14-5-1)35-21-23-37(24-22-35)51-53-47(36-15-6-2-7-16-36)33-48(54-51)40-18-12-17-38(29-40)39-25-26-45-42(30-39)43-32-50-44(41-19-8-9-20-49(41)55-50)31-46(43)52(45)27-10-3-11-28-52/h1-2,4-9,12-26,29-33H,3,10-11,27-28H2. The van der Waals surface area contributed by atoms with E-state index < -0.39 is 0 Å². The molecule has 55 heavy (non-hydrogen) atoms. The number of benzene rings is 7. The summed E-state index contributed by atoms with van der Waals surface area (Å²) in [5, 5.41) is 2.80. The summed E-state index contributed by atoms with van der Waals surface area (Å²) in [6.07, 6.45) is 6.35. The summed E-state index contributed by atoms with van der Waals surface area (Å²) in [7, 11) is 0. The van der Waals surface area contributed by atoms with Crippen molar-refractivity contribution in [2.24, 2.45) is 0 Å². The molecule has 0 bridgehead atoms. The molecule has 2 nitrogen and oxygen atoms in total. The molecule has 3 heteroatoms. The van der Waals surface area contributed by atoms with E-state index in [1.807, 2.05) is 11.3 Å². The predicted octanol–water partition coefficient (Wildman–Crippen LogP) is 14.4. The van der Waals surface area contributed by atoms with Crippen molar-refractivity contribution < 1.29 is 0 Å². The third kappa shape index (κ3) is 5.45. The third-order valence-electron chi connectivity index (χ3n) is 12.1. The normalized spacial score (nSPS) is 14.3. The number of hydrogen-bond donors (Lipinski definition) is 0. The highest BCUT2D eigenvalue weighted by atomic mass is 32.1. The molecule has 0 atom stereocenters. The van der Waals surface area contributed by atoms with Gasteiger partial charge in [0.1, 0.15) is 0 Å². The van der Waals surface area contributed by atoms with Gasteiger partial charge in [0.25, 0.3) is 0 Å². The Hall–Kier alpha value is -6.16. The molecule has 0 N–H and O–H groups in total. The Morgan fingerprint density at radius 2 is 0.982 bits per heavy atom. The fraction of sp³-hybridized carbons (Fsp3) is 0.115. The van der Waals surface area contributed by atoms with Gasteiger partial charge in [-0.3, -0.25) is 0 Å². The Labute approximate surface area is 325 Å². The zero-order chi connectivity index (χ0) is 36.3. The smallest absolute Gasteiger partial charge is 0.160 e. The molecule has 2 aliphatic carbocycles. The Kier molecular flexibility index (Phi) is 7.63. The molecule has 0 radical (unpaired) electrons. The maximum atomic E-state index is 5.22. The lowest BCUT2D eigenvalue weighted by Crippen LogP contribution is -2.28. The van der Waals surface area contributed by atoms with Gasteiger partial charge in [-0.15, -0.1) is 11.3 Å². The summed E-state index contributed by atoms with van der Waals surface area (Å²) < 4.78 is 2.76. The van der Waals surface area contributed by atoms with Crippen LogP contribution in [0.3, 0.4) is 0 Å². The van der Waals surface area contributed by atoms with Crippen molar-refractivity contribution in [3.63, 3.8) is 0 Å².